The third-order valence-corrected chi connectivity index (χ3v) is 5.41. The van der Waals surface area contributed by atoms with Gasteiger partial charge < -0.3 is 15.5 Å². The van der Waals surface area contributed by atoms with Crippen molar-refractivity contribution in [3.63, 3.8) is 0 Å². The molecule has 2 fully saturated rings. The Hall–Kier alpha value is -1.09. The molecule has 2 saturated heterocycles. The van der Waals surface area contributed by atoms with Gasteiger partial charge in [0.25, 0.3) is 0 Å². The first-order valence-corrected chi connectivity index (χ1v) is 10.3. The van der Waals surface area contributed by atoms with E-state index >= 15 is 0 Å². The molecule has 27 heavy (non-hydrogen) atoms. The zero-order chi connectivity index (χ0) is 18.2. The fourth-order valence-electron chi connectivity index (χ4n) is 3.95. The van der Waals surface area contributed by atoms with Crippen molar-refractivity contribution in [3.05, 3.63) is 23.9 Å². The Labute approximate surface area is 181 Å². The third kappa shape index (κ3) is 6.48. The molecule has 0 aromatic carbocycles. The van der Waals surface area contributed by atoms with Crippen molar-refractivity contribution in [1.82, 2.24) is 20.5 Å². The molecule has 0 spiro atoms. The summed E-state index contributed by atoms with van der Waals surface area (Å²) in [4.78, 5) is 14.3. The van der Waals surface area contributed by atoms with E-state index in [0.29, 0.717) is 12.6 Å². The molecular weight excluding hydrogens is 451 g/mol. The van der Waals surface area contributed by atoms with Gasteiger partial charge in [-0.2, -0.15) is 0 Å². The highest BCUT2D eigenvalue weighted by atomic mass is 127. The summed E-state index contributed by atoms with van der Waals surface area (Å²) in [5, 5.41) is 6.91. The van der Waals surface area contributed by atoms with Crippen LogP contribution in [0.2, 0.25) is 0 Å². The van der Waals surface area contributed by atoms with Crippen molar-refractivity contribution in [1.29, 1.82) is 0 Å². The van der Waals surface area contributed by atoms with E-state index in [4.69, 9.17) is 4.99 Å². The molecule has 6 nitrogen and oxygen atoms in total. The normalized spacial score (nSPS) is 20.6. The average Bonchev–Trinajstić information content (AvgIpc) is 3.35. The summed E-state index contributed by atoms with van der Waals surface area (Å²) in [6.45, 7) is 11.5. The molecule has 1 aromatic heterocycles. The summed E-state index contributed by atoms with van der Waals surface area (Å²) >= 11 is 0. The van der Waals surface area contributed by atoms with Crippen molar-refractivity contribution < 1.29 is 0 Å². The smallest absolute Gasteiger partial charge is 0.191 e. The predicted molar refractivity (Wildman–Crippen MR) is 124 cm³/mol. The van der Waals surface area contributed by atoms with Gasteiger partial charge in [0.1, 0.15) is 5.82 Å². The van der Waals surface area contributed by atoms with Gasteiger partial charge in [-0.3, -0.25) is 4.90 Å². The van der Waals surface area contributed by atoms with Gasteiger partial charge in [0, 0.05) is 38.4 Å². The Morgan fingerprint density at radius 2 is 2.00 bits per heavy atom. The van der Waals surface area contributed by atoms with E-state index in [9.17, 15) is 0 Å². The number of nitrogens with zero attached hydrogens (tertiary/aromatic N) is 4. The van der Waals surface area contributed by atoms with Gasteiger partial charge in [-0.25, -0.2) is 9.98 Å². The van der Waals surface area contributed by atoms with E-state index < -0.39 is 0 Å². The van der Waals surface area contributed by atoms with Gasteiger partial charge in [-0.05, 0) is 63.4 Å². The van der Waals surface area contributed by atoms with Crippen LogP contribution in [0.15, 0.2) is 23.3 Å². The minimum Gasteiger partial charge on any atom is -0.357 e. The molecule has 2 aliphatic rings. The van der Waals surface area contributed by atoms with Crippen molar-refractivity contribution in [2.24, 2.45) is 4.99 Å². The third-order valence-electron chi connectivity index (χ3n) is 5.41. The molecule has 0 radical (unpaired) electrons. The minimum absolute atomic E-state index is 0. The van der Waals surface area contributed by atoms with E-state index in [0.717, 1.165) is 44.5 Å². The second-order valence-electron chi connectivity index (χ2n) is 7.22. The number of guanidine groups is 1. The number of aliphatic imine (C=N–C) groups is 1. The van der Waals surface area contributed by atoms with Crippen molar-refractivity contribution in [2.75, 3.05) is 44.2 Å². The Bertz CT molecular complexity index is 588. The van der Waals surface area contributed by atoms with Crippen LogP contribution in [0.5, 0.6) is 0 Å². The number of likely N-dealkylation sites (N-methyl/N-ethyl adjacent to an activating group) is 1. The zero-order valence-corrected chi connectivity index (χ0v) is 19.1. The summed E-state index contributed by atoms with van der Waals surface area (Å²) in [7, 11) is 0. The lowest BCUT2D eigenvalue weighted by Gasteiger charge is -2.24. The number of hydrogen-bond donors (Lipinski definition) is 2. The topological polar surface area (TPSA) is 55.8 Å². The maximum absolute atomic E-state index is 4.79. The number of likely N-dealkylation sites (tertiary alicyclic amines) is 1. The largest absolute Gasteiger partial charge is 0.357 e. The molecule has 0 amide bonds. The van der Waals surface area contributed by atoms with Crippen LogP contribution < -0.4 is 15.5 Å². The van der Waals surface area contributed by atoms with Crippen LogP contribution in [0.1, 0.15) is 45.1 Å². The lowest BCUT2D eigenvalue weighted by Crippen LogP contribution is -2.44. The summed E-state index contributed by atoms with van der Waals surface area (Å²) < 4.78 is 0. The summed E-state index contributed by atoms with van der Waals surface area (Å²) in [5.74, 6) is 2.01. The first-order valence-electron chi connectivity index (χ1n) is 10.3. The highest BCUT2D eigenvalue weighted by molar-refractivity contribution is 14.0. The Morgan fingerprint density at radius 1 is 1.19 bits per heavy atom. The molecule has 3 rings (SSSR count). The van der Waals surface area contributed by atoms with Gasteiger partial charge in [0.15, 0.2) is 5.96 Å². The maximum Gasteiger partial charge on any atom is 0.191 e. The van der Waals surface area contributed by atoms with Crippen molar-refractivity contribution in [3.8, 4) is 0 Å². The molecule has 2 N–H and O–H groups in total. The molecule has 3 heterocycles. The molecule has 0 saturated carbocycles. The molecule has 1 aromatic rings. The Kier molecular flexibility index (Phi) is 9.61. The molecule has 0 aliphatic carbocycles. The average molecular weight is 486 g/mol. The summed E-state index contributed by atoms with van der Waals surface area (Å²) in [5.41, 5.74) is 1.22. The predicted octanol–water partition coefficient (Wildman–Crippen LogP) is 2.84. The van der Waals surface area contributed by atoms with E-state index in [1.165, 1.54) is 37.8 Å². The molecule has 2 aliphatic heterocycles. The molecule has 0 bridgehead atoms. The van der Waals surface area contributed by atoms with Crippen LogP contribution in [-0.4, -0.2) is 61.2 Å². The van der Waals surface area contributed by atoms with Crippen molar-refractivity contribution >= 4 is 35.8 Å². The van der Waals surface area contributed by atoms with Gasteiger partial charge in [-0.15, -0.1) is 24.0 Å². The van der Waals surface area contributed by atoms with Crippen LogP contribution in [0.3, 0.4) is 0 Å². The number of aromatic nitrogens is 1. The van der Waals surface area contributed by atoms with Crippen LogP contribution >= 0.6 is 24.0 Å². The van der Waals surface area contributed by atoms with Crippen molar-refractivity contribution in [2.45, 2.75) is 52.1 Å². The van der Waals surface area contributed by atoms with Gasteiger partial charge >= 0.3 is 0 Å². The second kappa shape index (κ2) is 11.7. The number of pyridine rings is 1. The van der Waals surface area contributed by atoms with Gasteiger partial charge in [0.2, 0.25) is 0 Å². The first-order chi connectivity index (χ1) is 12.8. The fraction of sp³-hybridized carbons (Fsp3) is 0.700. The lowest BCUT2D eigenvalue weighted by atomic mass is 10.2. The molecule has 1 atom stereocenters. The van der Waals surface area contributed by atoms with Crippen LogP contribution in [0.4, 0.5) is 5.82 Å². The lowest BCUT2D eigenvalue weighted by molar-refractivity contribution is 0.267. The standard InChI is InChI=1S/C20H34N6.HI/c1-3-21-20(24-16-18-8-7-13-25(18)4-2)23-15-17-9-10-22-19(14-17)26-11-5-6-12-26;/h9-10,14,18H,3-8,11-13,15-16H2,1-2H3,(H2,21,23,24);1H. The number of rotatable bonds is 7. The van der Waals surface area contributed by atoms with Crippen LogP contribution in [0, 0.1) is 0 Å². The number of nitrogens with one attached hydrogen (secondary N) is 2. The summed E-state index contributed by atoms with van der Waals surface area (Å²) in [6.07, 6.45) is 7.05. The van der Waals surface area contributed by atoms with E-state index in [1.807, 2.05) is 6.20 Å². The first kappa shape index (κ1) is 22.2. The SMILES string of the molecule is CCNC(=NCc1ccnc(N2CCCC2)c1)NCC1CCCN1CC.I. The van der Waals surface area contributed by atoms with Crippen LogP contribution in [0.25, 0.3) is 0 Å². The molecule has 1 unspecified atom stereocenters. The maximum atomic E-state index is 4.79. The minimum atomic E-state index is 0. The Morgan fingerprint density at radius 3 is 2.74 bits per heavy atom. The second-order valence-corrected chi connectivity index (χ2v) is 7.22. The highest BCUT2D eigenvalue weighted by Crippen LogP contribution is 2.19. The molecule has 152 valence electrons. The quantitative estimate of drug-likeness (QED) is 0.353. The highest BCUT2D eigenvalue weighted by Gasteiger charge is 2.22. The molecular formula is C20H35IN6. The van der Waals surface area contributed by atoms with E-state index in [-0.39, 0.29) is 24.0 Å². The fourth-order valence-corrected chi connectivity index (χ4v) is 3.95. The van der Waals surface area contributed by atoms with Gasteiger partial charge in [0.05, 0.1) is 6.54 Å². The number of halogens is 1. The van der Waals surface area contributed by atoms with Crippen LogP contribution in [-0.2, 0) is 6.54 Å². The van der Waals surface area contributed by atoms with E-state index in [2.05, 4.69) is 51.4 Å². The van der Waals surface area contributed by atoms with E-state index in [1.54, 1.807) is 0 Å². The van der Waals surface area contributed by atoms with Gasteiger partial charge in [-0.1, -0.05) is 6.92 Å². The monoisotopic (exact) mass is 486 g/mol. The number of hydrogen-bond acceptors (Lipinski definition) is 4. The Balaban J connectivity index is 0.00000261. The zero-order valence-electron chi connectivity index (χ0n) is 16.8. The summed E-state index contributed by atoms with van der Waals surface area (Å²) in [6, 6.07) is 4.89. The number of anilines is 1. The molecule has 7 heteroatoms.